The number of nitrogens with one attached hydrogen (secondary N) is 1. The van der Waals surface area contributed by atoms with E-state index in [2.05, 4.69) is 21.6 Å². The summed E-state index contributed by atoms with van der Waals surface area (Å²) in [5.74, 6) is -0.00259. The largest absolute Gasteiger partial charge is 0.285 e. The average molecular weight is 271 g/mol. The van der Waals surface area contributed by atoms with E-state index in [0.29, 0.717) is 13.0 Å². The van der Waals surface area contributed by atoms with Gasteiger partial charge in [0.05, 0.1) is 12.2 Å². The highest BCUT2D eigenvalue weighted by Crippen LogP contribution is 2.24. The van der Waals surface area contributed by atoms with Gasteiger partial charge in [0.1, 0.15) is 12.7 Å². The smallest absolute Gasteiger partial charge is 0.240 e. The van der Waals surface area contributed by atoms with Gasteiger partial charge < -0.3 is 0 Å². The number of rotatable bonds is 4. The molecule has 0 bridgehead atoms. The van der Waals surface area contributed by atoms with Crippen molar-refractivity contribution in [2.45, 2.75) is 25.8 Å². The summed E-state index contributed by atoms with van der Waals surface area (Å²) in [7, 11) is 0. The number of amides is 1. The molecule has 2 heterocycles. The van der Waals surface area contributed by atoms with Crippen molar-refractivity contribution in [1.82, 2.24) is 20.2 Å². The van der Waals surface area contributed by atoms with Crippen molar-refractivity contribution in [2.75, 3.05) is 11.6 Å². The molecule has 1 N–H and O–H groups in total. The zero-order chi connectivity index (χ0) is 13.8. The number of aromatic nitrogens is 3. The van der Waals surface area contributed by atoms with Gasteiger partial charge >= 0.3 is 0 Å². The van der Waals surface area contributed by atoms with Crippen LogP contribution in [-0.2, 0) is 17.8 Å². The molecule has 0 saturated carbocycles. The molecule has 1 aromatic carbocycles. The lowest BCUT2D eigenvalue weighted by Crippen LogP contribution is -2.45. The third kappa shape index (κ3) is 2.79. The SMILES string of the molecule is O=C(CCn1cncn1)NN1CCCc2ccccc21. The Kier molecular flexibility index (Phi) is 3.62. The van der Waals surface area contributed by atoms with Crippen molar-refractivity contribution >= 4 is 11.6 Å². The van der Waals surface area contributed by atoms with E-state index in [1.54, 1.807) is 11.0 Å². The van der Waals surface area contributed by atoms with E-state index in [1.165, 1.54) is 11.9 Å². The Morgan fingerprint density at radius 2 is 2.25 bits per heavy atom. The lowest BCUT2D eigenvalue weighted by Gasteiger charge is -2.31. The second-order valence-corrected chi connectivity index (χ2v) is 4.83. The van der Waals surface area contributed by atoms with Crippen molar-refractivity contribution in [1.29, 1.82) is 0 Å². The van der Waals surface area contributed by atoms with Gasteiger partial charge in [-0.05, 0) is 24.5 Å². The predicted molar refractivity (Wildman–Crippen MR) is 74.9 cm³/mol. The molecule has 1 aromatic heterocycles. The van der Waals surface area contributed by atoms with Gasteiger partial charge in [-0.2, -0.15) is 5.10 Å². The highest BCUT2D eigenvalue weighted by Gasteiger charge is 2.17. The van der Waals surface area contributed by atoms with Gasteiger partial charge in [-0.15, -0.1) is 0 Å². The summed E-state index contributed by atoms with van der Waals surface area (Å²) in [5, 5.41) is 5.93. The fraction of sp³-hybridized carbons (Fsp3) is 0.357. The van der Waals surface area contributed by atoms with Crippen molar-refractivity contribution in [3.05, 3.63) is 42.5 Å². The van der Waals surface area contributed by atoms with Gasteiger partial charge in [0.2, 0.25) is 5.91 Å². The standard InChI is InChI=1S/C14H17N5O/c20-14(7-9-18-11-15-10-16-18)17-19-8-3-5-12-4-1-2-6-13(12)19/h1-2,4,6,10-11H,3,5,7-9H2,(H,17,20). The quantitative estimate of drug-likeness (QED) is 0.906. The average Bonchev–Trinajstić information content (AvgIpc) is 2.99. The zero-order valence-corrected chi connectivity index (χ0v) is 11.2. The van der Waals surface area contributed by atoms with Crippen molar-refractivity contribution in [3.8, 4) is 0 Å². The summed E-state index contributed by atoms with van der Waals surface area (Å²) in [5.41, 5.74) is 5.36. The van der Waals surface area contributed by atoms with Crippen LogP contribution in [0.4, 0.5) is 5.69 Å². The lowest BCUT2D eigenvalue weighted by molar-refractivity contribution is -0.121. The molecular weight excluding hydrogens is 254 g/mol. The molecule has 6 nitrogen and oxygen atoms in total. The van der Waals surface area contributed by atoms with Crippen LogP contribution < -0.4 is 10.4 Å². The molecule has 1 amide bonds. The van der Waals surface area contributed by atoms with Crippen LogP contribution in [0.2, 0.25) is 0 Å². The fourth-order valence-electron chi connectivity index (χ4n) is 2.42. The molecule has 0 atom stereocenters. The molecule has 0 aliphatic carbocycles. The number of nitrogens with zero attached hydrogens (tertiary/aromatic N) is 4. The molecule has 3 rings (SSSR count). The van der Waals surface area contributed by atoms with Crippen LogP contribution in [0.3, 0.4) is 0 Å². The Bertz CT molecular complexity index is 581. The van der Waals surface area contributed by atoms with E-state index >= 15 is 0 Å². The minimum atomic E-state index is -0.00259. The van der Waals surface area contributed by atoms with Gasteiger partial charge in [-0.1, -0.05) is 18.2 Å². The maximum absolute atomic E-state index is 12.0. The van der Waals surface area contributed by atoms with E-state index in [-0.39, 0.29) is 5.91 Å². The van der Waals surface area contributed by atoms with Gasteiger partial charge in [-0.3, -0.25) is 19.9 Å². The van der Waals surface area contributed by atoms with Crippen LogP contribution in [0.1, 0.15) is 18.4 Å². The number of hydrogen-bond acceptors (Lipinski definition) is 4. The van der Waals surface area contributed by atoms with E-state index in [1.807, 2.05) is 23.2 Å². The van der Waals surface area contributed by atoms with E-state index < -0.39 is 0 Å². The topological polar surface area (TPSA) is 63.1 Å². The van der Waals surface area contributed by atoms with Crippen LogP contribution in [0, 0.1) is 0 Å². The normalized spacial score (nSPS) is 13.9. The van der Waals surface area contributed by atoms with Crippen LogP contribution in [-0.4, -0.2) is 27.2 Å². The maximum atomic E-state index is 12.0. The molecule has 104 valence electrons. The molecule has 20 heavy (non-hydrogen) atoms. The summed E-state index contributed by atoms with van der Waals surface area (Å²) in [6.45, 7) is 1.40. The van der Waals surface area contributed by atoms with Gasteiger partial charge in [0, 0.05) is 13.0 Å². The summed E-state index contributed by atoms with van der Waals surface area (Å²) in [6, 6.07) is 8.20. The highest BCUT2D eigenvalue weighted by molar-refractivity contribution is 5.78. The highest BCUT2D eigenvalue weighted by atomic mass is 16.2. The molecule has 0 spiro atoms. The van der Waals surface area contributed by atoms with Gasteiger partial charge in [0.15, 0.2) is 0 Å². The number of hydrazine groups is 1. The molecule has 0 unspecified atom stereocenters. The monoisotopic (exact) mass is 271 g/mol. The number of carbonyl (C=O) groups is 1. The Labute approximate surface area is 117 Å². The van der Waals surface area contributed by atoms with Crippen LogP contribution in [0.15, 0.2) is 36.9 Å². The number of aryl methyl sites for hydroxylation is 2. The summed E-state index contributed by atoms with van der Waals surface area (Å²) < 4.78 is 1.66. The summed E-state index contributed by atoms with van der Waals surface area (Å²) in [6.07, 6.45) is 5.60. The van der Waals surface area contributed by atoms with E-state index in [0.717, 1.165) is 25.1 Å². The molecule has 0 fully saturated rings. The van der Waals surface area contributed by atoms with Gasteiger partial charge in [-0.25, -0.2) is 4.98 Å². The zero-order valence-electron chi connectivity index (χ0n) is 11.2. The van der Waals surface area contributed by atoms with E-state index in [9.17, 15) is 4.79 Å². The molecule has 1 aliphatic heterocycles. The number of hydrogen-bond donors (Lipinski definition) is 1. The Hall–Kier alpha value is -2.37. The molecular formula is C14H17N5O. The van der Waals surface area contributed by atoms with Crippen molar-refractivity contribution in [2.24, 2.45) is 0 Å². The minimum absolute atomic E-state index is 0.00259. The number of para-hydroxylation sites is 1. The fourth-order valence-corrected chi connectivity index (χ4v) is 2.42. The number of anilines is 1. The molecule has 0 saturated heterocycles. The Morgan fingerprint density at radius 3 is 3.10 bits per heavy atom. The Balaban J connectivity index is 1.59. The molecule has 0 radical (unpaired) electrons. The third-order valence-corrected chi connectivity index (χ3v) is 3.40. The molecule has 1 aliphatic rings. The first kappa shape index (κ1) is 12.7. The van der Waals surface area contributed by atoms with Crippen molar-refractivity contribution in [3.63, 3.8) is 0 Å². The molecule has 2 aromatic rings. The Morgan fingerprint density at radius 1 is 1.35 bits per heavy atom. The minimum Gasteiger partial charge on any atom is -0.285 e. The number of carbonyl (C=O) groups excluding carboxylic acids is 1. The lowest BCUT2D eigenvalue weighted by atomic mass is 10.0. The summed E-state index contributed by atoms with van der Waals surface area (Å²) in [4.78, 5) is 15.9. The number of benzene rings is 1. The van der Waals surface area contributed by atoms with Crippen LogP contribution in [0.5, 0.6) is 0 Å². The third-order valence-electron chi connectivity index (χ3n) is 3.40. The van der Waals surface area contributed by atoms with Gasteiger partial charge in [0.25, 0.3) is 0 Å². The second kappa shape index (κ2) is 5.73. The van der Waals surface area contributed by atoms with Crippen LogP contribution >= 0.6 is 0 Å². The first-order valence-corrected chi connectivity index (χ1v) is 6.80. The first-order chi connectivity index (χ1) is 9.83. The van der Waals surface area contributed by atoms with E-state index in [4.69, 9.17) is 0 Å². The number of fused-ring (bicyclic) bond motifs is 1. The predicted octanol–water partition coefficient (Wildman–Crippen LogP) is 1.15. The van der Waals surface area contributed by atoms with Crippen molar-refractivity contribution < 1.29 is 4.79 Å². The summed E-state index contributed by atoms with van der Waals surface area (Å²) >= 11 is 0. The molecule has 6 heteroatoms. The first-order valence-electron chi connectivity index (χ1n) is 6.80. The van der Waals surface area contributed by atoms with Crippen LogP contribution in [0.25, 0.3) is 0 Å². The second-order valence-electron chi connectivity index (χ2n) is 4.83. The maximum Gasteiger partial charge on any atom is 0.240 e.